The fraction of sp³-hybridized carbons (Fsp3) is 0.462. The van der Waals surface area contributed by atoms with Crippen molar-refractivity contribution in [2.24, 2.45) is 0 Å². The fourth-order valence-electron chi connectivity index (χ4n) is 1.37. The molecule has 1 aromatic carbocycles. The van der Waals surface area contributed by atoms with Gasteiger partial charge in [-0.3, -0.25) is 14.9 Å². The number of carbonyl (C=O) groups is 1. The molecule has 0 fully saturated rings. The third-order valence-corrected chi connectivity index (χ3v) is 2.19. The third-order valence-electron chi connectivity index (χ3n) is 2.19. The largest absolute Gasteiger partial charge is 0.484 e. The summed E-state index contributed by atoms with van der Waals surface area (Å²) in [6, 6.07) is 4.08. The number of hydrogen-bond donors (Lipinski definition) is 0. The van der Waals surface area contributed by atoms with Crippen molar-refractivity contribution in [2.75, 3.05) is 13.2 Å². The van der Waals surface area contributed by atoms with Gasteiger partial charge >= 0.3 is 5.69 Å². The Morgan fingerprint density at radius 3 is 2.53 bits per heavy atom. The Morgan fingerprint density at radius 2 is 2.00 bits per heavy atom. The van der Waals surface area contributed by atoms with Gasteiger partial charge in [0.05, 0.1) is 17.1 Å². The van der Waals surface area contributed by atoms with E-state index in [9.17, 15) is 14.9 Å². The molecule has 0 bridgehead atoms. The lowest BCUT2D eigenvalue weighted by Gasteiger charge is -2.19. The van der Waals surface area contributed by atoms with Crippen molar-refractivity contribution in [3.05, 3.63) is 33.9 Å². The molecule has 0 saturated carbocycles. The van der Waals surface area contributed by atoms with Gasteiger partial charge < -0.3 is 9.47 Å². The van der Waals surface area contributed by atoms with Gasteiger partial charge in [0.1, 0.15) is 12.9 Å². The highest BCUT2D eigenvalue weighted by molar-refractivity contribution is 5.77. The molecule has 0 unspecified atom stereocenters. The minimum absolute atomic E-state index is 0.133. The molecule has 0 aliphatic heterocycles. The van der Waals surface area contributed by atoms with Crippen molar-refractivity contribution in [1.29, 1.82) is 0 Å². The molecule has 104 valence electrons. The average molecular weight is 267 g/mol. The first-order chi connectivity index (χ1) is 8.83. The Kier molecular flexibility index (Phi) is 5.00. The van der Waals surface area contributed by atoms with Gasteiger partial charge in [0.15, 0.2) is 5.75 Å². The summed E-state index contributed by atoms with van der Waals surface area (Å²) in [5.41, 5.74) is -0.262. The number of aldehydes is 1. The highest BCUT2D eigenvalue weighted by Gasteiger charge is 2.16. The Balaban J connectivity index is 2.67. The number of benzene rings is 1. The molecule has 1 aromatic rings. The minimum Gasteiger partial charge on any atom is -0.484 e. The zero-order valence-electron chi connectivity index (χ0n) is 11.2. The van der Waals surface area contributed by atoms with Gasteiger partial charge in [-0.2, -0.15) is 0 Å². The van der Waals surface area contributed by atoms with E-state index in [1.807, 2.05) is 20.8 Å². The topological polar surface area (TPSA) is 78.7 Å². The smallest absolute Gasteiger partial charge is 0.311 e. The normalized spacial score (nSPS) is 11.1. The molecule has 1 rings (SSSR count). The molecule has 0 atom stereocenters. The summed E-state index contributed by atoms with van der Waals surface area (Å²) in [5, 5.41) is 10.9. The lowest BCUT2D eigenvalue weighted by Crippen LogP contribution is -2.22. The maximum absolute atomic E-state index is 10.9. The van der Waals surface area contributed by atoms with Crippen LogP contribution in [0.5, 0.6) is 5.75 Å². The monoisotopic (exact) mass is 267 g/mol. The lowest BCUT2D eigenvalue weighted by molar-refractivity contribution is -0.385. The molecule has 0 saturated heterocycles. The van der Waals surface area contributed by atoms with E-state index in [1.54, 1.807) is 0 Å². The second-order valence-corrected chi connectivity index (χ2v) is 4.91. The van der Waals surface area contributed by atoms with Crippen molar-refractivity contribution < 1.29 is 19.2 Å². The van der Waals surface area contributed by atoms with Crippen LogP contribution in [0.1, 0.15) is 31.1 Å². The number of carbonyl (C=O) groups excluding carboxylic acids is 1. The summed E-state index contributed by atoms with van der Waals surface area (Å²) < 4.78 is 10.8. The summed E-state index contributed by atoms with van der Waals surface area (Å²) in [7, 11) is 0. The summed E-state index contributed by atoms with van der Waals surface area (Å²) in [6.45, 7) is 6.27. The van der Waals surface area contributed by atoms with Crippen LogP contribution in [0.2, 0.25) is 0 Å². The molecule has 0 amide bonds. The number of nitrogens with zero attached hydrogens (tertiary/aromatic N) is 1. The predicted molar refractivity (Wildman–Crippen MR) is 69.7 cm³/mol. The molecule has 0 spiro atoms. The van der Waals surface area contributed by atoms with Crippen LogP contribution in [0.25, 0.3) is 0 Å². The fourth-order valence-corrected chi connectivity index (χ4v) is 1.37. The SMILES string of the molecule is CC(C)(C)OCCOc1ccc(C=O)cc1[N+](=O)[O-]. The molecule has 0 aliphatic carbocycles. The summed E-state index contributed by atoms with van der Waals surface area (Å²) in [4.78, 5) is 20.9. The molecule has 0 radical (unpaired) electrons. The Labute approximate surface area is 111 Å². The number of rotatable bonds is 6. The van der Waals surface area contributed by atoms with Gasteiger partial charge in [-0.25, -0.2) is 0 Å². The van der Waals surface area contributed by atoms with E-state index < -0.39 is 4.92 Å². The number of hydrogen-bond acceptors (Lipinski definition) is 5. The molecule has 0 N–H and O–H groups in total. The molecule has 0 aromatic heterocycles. The first kappa shape index (κ1) is 15.1. The van der Waals surface area contributed by atoms with E-state index in [2.05, 4.69) is 0 Å². The first-order valence-corrected chi connectivity index (χ1v) is 5.84. The Hall–Kier alpha value is -1.95. The lowest BCUT2D eigenvalue weighted by atomic mass is 10.2. The maximum Gasteiger partial charge on any atom is 0.311 e. The molecular weight excluding hydrogens is 250 g/mol. The third kappa shape index (κ3) is 5.05. The van der Waals surface area contributed by atoms with Crippen LogP contribution in [-0.2, 0) is 4.74 Å². The van der Waals surface area contributed by atoms with E-state index in [0.29, 0.717) is 12.9 Å². The molecule has 6 nitrogen and oxygen atoms in total. The van der Waals surface area contributed by atoms with Crippen LogP contribution in [-0.4, -0.2) is 30.0 Å². The van der Waals surface area contributed by atoms with Gasteiger partial charge in [-0.05, 0) is 32.9 Å². The summed E-state index contributed by atoms with van der Waals surface area (Å²) in [5.74, 6) is 0.133. The van der Waals surface area contributed by atoms with E-state index in [1.165, 1.54) is 18.2 Å². The van der Waals surface area contributed by atoms with Crippen LogP contribution in [0, 0.1) is 10.1 Å². The van der Waals surface area contributed by atoms with Crippen LogP contribution in [0.4, 0.5) is 5.69 Å². The molecule has 6 heteroatoms. The minimum atomic E-state index is -0.576. The molecule has 0 heterocycles. The Morgan fingerprint density at radius 1 is 1.32 bits per heavy atom. The molecular formula is C13H17NO5. The highest BCUT2D eigenvalue weighted by Crippen LogP contribution is 2.27. The van der Waals surface area contributed by atoms with Gasteiger partial charge in [-0.15, -0.1) is 0 Å². The molecule has 0 aliphatic rings. The Bertz CT molecular complexity index is 465. The van der Waals surface area contributed by atoms with Crippen molar-refractivity contribution in [3.63, 3.8) is 0 Å². The van der Waals surface area contributed by atoms with Gasteiger partial charge in [0.2, 0.25) is 0 Å². The van der Waals surface area contributed by atoms with E-state index in [-0.39, 0.29) is 29.2 Å². The van der Waals surface area contributed by atoms with E-state index in [0.717, 1.165) is 0 Å². The summed E-state index contributed by atoms with van der Waals surface area (Å²) >= 11 is 0. The standard InChI is InChI=1S/C13H17NO5/c1-13(2,3)19-7-6-18-12-5-4-10(9-15)8-11(12)14(16)17/h4-5,8-9H,6-7H2,1-3H3. The van der Waals surface area contributed by atoms with Crippen molar-refractivity contribution in [2.45, 2.75) is 26.4 Å². The number of nitro groups is 1. The zero-order valence-corrected chi connectivity index (χ0v) is 11.2. The highest BCUT2D eigenvalue weighted by atomic mass is 16.6. The van der Waals surface area contributed by atoms with Crippen molar-refractivity contribution in [3.8, 4) is 5.75 Å². The van der Waals surface area contributed by atoms with Gasteiger partial charge in [-0.1, -0.05) is 0 Å². The average Bonchev–Trinajstić information content (AvgIpc) is 2.33. The van der Waals surface area contributed by atoms with Crippen molar-refractivity contribution >= 4 is 12.0 Å². The zero-order chi connectivity index (χ0) is 14.5. The van der Waals surface area contributed by atoms with Gasteiger partial charge in [0, 0.05) is 11.6 Å². The first-order valence-electron chi connectivity index (χ1n) is 5.84. The number of nitro benzene ring substituents is 1. The van der Waals surface area contributed by atoms with E-state index >= 15 is 0 Å². The van der Waals surface area contributed by atoms with Crippen LogP contribution < -0.4 is 4.74 Å². The van der Waals surface area contributed by atoms with Crippen LogP contribution >= 0.6 is 0 Å². The number of ether oxygens (including phenoxy) is 2. The quantitative estimate of drug-likeness (QED) is 0.342. The predicted octanol–water partition coefficient (Wildman–Crippen LogP) is 2.60. The van der Waals surface area contributed by atoms with Crippen LogP contribution in [0.3, 0.4) is 0 Å². The molecule has 19 heavy (non-hydrogen) atoms. The van der Waals surface area contributed by atoms with E-state index in [4.69, 9.17) is 9.47 Å². The summed E-state index contributed by atoms with van der Waals surface area (Å²) in [6.07, 6.45) is 0.555. The van der Waals surface area contributed by atoms with Crippen molar-refractivity contribution in [1.82, 2.24) is 0 Å². The maximum atomic E-state index is 10.9. The second-order valence-electron chi connectivity index (χ2n) is 4.91. The van der Waals surface area contributed by atoms with Gasteiger partial charge in [0.25, 0.3) is 0 Å². The second kappa shape index (κ2) is 6.29. The van der Waals surface area contributed by atoms with Crippen LogP contribution in [0.15, 0.2) is 18.2 Å².